The topological polar surface area (TPSA) is 144 Å². The van der Waals surface area contributed by atoms with Crippen molar-refractivity contribution in [3.05, 3.63) is 54.1 Å². The fraction of sp³-hybridized carbons (Fsp3) is 0.125. The number of hydrogen-bond donors (Lipinski definition) is 5. The minimum atomic E-state index is -5.14. The number of rotatable bonds is 4. The molecule has 0 bridgehead atoms. The van der Waals surface area contributed by atoms with Crippen LogP contribution in [0, 0.1) is 0 Å². The number of amides is 1. The van der Waals surface area contributed by atoms with Gasteiger partial charge in [0.25, 0.3) is 0 Å². The Morgan fingerprint density at radius 3 is 2.12 bits per heavy atom. The second kappa shape index (κ2) is 9.08. The van der Waals surface area contributed by atoms with Gasteiger partial charge in [0.2, 0.25) is 0 Å². The Balaban J connectivity index is 0.000000271. The summed E-state index contributed by atoms with van der Waals surface area (Å²) in [4.78, 5) is 20.9. The van der Waals surface area contributed by atoms with E-state index in [-0.39, 0.29) is 22.2 Å². The molecule has 0 aliphatic rings. The van der Waals surface area contributed by atoms with Crippen molar-refractivity contribution < 1.29 is 31.7 Å². The van der Waals surface area contributed by atoms with Crippen LogP contribution in [0.3, 0.4) is 0 Å². The number of carbonyl (C=O) groups is 2. The fourth-order valence-corrected chi connectivity index (χ4v) is 3.40. The normalized spacial score (nSPS) is 10.4. The van der Waals surface area contributed by atoms with Crippen molar-refractivity contribution in [3.63, 3.8) is 0 Å². The molecule has 25 heavy (non-hydrogen) atoms. The van der Waals surface area contributed by atoms with Crippen LogP contribution >= 0.6 is 0 Å². The zero-order valence-electron chi connectivity index (χ0n) is 13.3. The summed E-state index contributed by atoms with van der Waals surface area (Å²) in [5, 5.41) is 19.9. The van der Waals surface area contributed by atoms with E-state index in [1.807, 2.05) is 18.2 Å². The summed E-state index contributed by atoms with van der Waals surface area (Å²) in [6.45, 7) is 1.18. The van der Waals surface area contributed by atoms with Crippen LogP contribution in [-0.4, -0.2) is 44.5 Å². The van der Waals surface area contributed by atoms with E-state index in [4.69, 9.17) is 13.3 Å². The number of carbonyl (C=O) groups excluding carboxylic acids is 1. The summed E-state index contributed by atoms with van der Waals surface area (Å²) in [6.07, 6.45) is 0.112. The Morgan fingerprint density at radius 1 is 1.04 bits per heavy atom. The monoisotopic (exact) mass is 411 g/mol. The number of hydrogen-bond acceptors (Lipinski definition) is 4. The van der Waals surface area contributed by atoms with Gasteiger partial charge in [0.05, 0.1) is 6.42 Å². The Morgan fingerprint density at radius 2 is 1.64 bits per heavy atom. The molecular weight excluding hydrogens is 393 g/mol. The zero-order valence-corrected chi connectivity index (χ0v) is 15.2. The maximum absolute atomic E-state index is 11.1. The molecule has 0 saturated heterocycles. The van der Waals surface area contributed by atoms with Crippen LogP contribution in [0.4, 0.5) is 5.69 Å². The average Bonchev–Trinajstić information content (AvgIpc) is 2.49. The number of anilines is 1. The van der Waals surface area contributed by atoms with Crippen LogP contribution in [0.15, 0.2) is 48.5 Å². The average molecular weight is 411 g/mol. The third-order valence-corrected chi connectivity index (χ3v) is 4.93. The first kappa shape index (κ1) is 20.5. The molecule has 0 radical (unpaired) electrons. The smallest absolute Gasteiger partial charge is 0.307 e. The van der Waals surface area contributed by atoms with Gasteiger partial charge in [-0.1, -0.05) is 30.3 Å². The number of benzene rings is 2. The molecule has 1 amide bonds. The van der Waals surface area contributed by atoms with Crippen LogP contribution in [0.2, 0.25) is 0 Å². The second-order valence-electron chi connectivity index (χ2n) is 4.95. The Bertz CT molecular complexity index is 786. The van der Waals surface area contributed by atoms with Crippen molar-refractivity contribution in [3.8, 4) is 5.75 Å². The Hall–Kier alpha value is -2.54. The summed E-state index contributed by atoms with van der Waals surface area (Å²) in [6, 6.07) is 12.8. The minimum absolute atomic E-state index is 0.112. The molecule has 2 rings (SSSR count). The van der Waals surface area contributed by atoms with Gasteiger partial charge in [0, 0.05) is 0 Å². The van der Waals surface area contributed by atoms with Gasteiger partial charge in [-0.05, 0) is 5.56 Å². The first-order chi connectivity index (χ1) is 11.6. The third-order valence-electron chi connectivity index (χ3n) is 2.83. The zero-order chi connectivity index (χ0) is 19.0. The minimum Gasteiger partial charge on any atom is -0.481 e. The number of aliphatic carboxylic acids is 1. The van der Waals surface area contributed by atoms with Crippen LogP contribution in [0.1, 0.15) is 12.5 Å². The molecular formula is C16H18AsNO7. The van der Waals surface area contributed by atoms with E-state index in [1.165, 1.54) is 25.1 Å². The quantitative estimate of drug-likeness (QED) is 0.358. The molecule has 0 aliphatic heterocycles. The van der Waals surface area contributed by atoms with Gasteiger partial charge in [-0.15, -0.1) is 0 Å². The van der Waals surface area contributed by atoms with Gasteiger partial charge in [-0.2, -0.15) is 0 Å². The molecule has 2 aromatic carbocycles. The molecule has 9 heteroatoms. The van der Waals surface area contributed by atoms with Crippen LogP contribution in [0.5, 0.6) is 5.75 Å². The van der Waals surface area contributed by atoms with Crippen molar-refractivity contribution in [2.75, 3.05) is 5.32 Å². The van der Waals surface area contributed by atoms with Gasteiger partial charge in [-0.3, -0.25) is 4.79 Å². The van der Waals surface area contributed by atoms with E-state index in [0.717, 1.165) is 5.56 Å². The molecule has 0 saturated carbocycles. The van der Waals surface area contributed by atoms with Crippen LogP contribution in [-0.2, 0) is 19.7 Å². The largest absolute Gasteiger partial charge is 0.481 e. The molecule has 2 aromatic rings. The number of carboxylic acid groups (broad SMARTS) is 1. The number of para-hydroxylation sites is 1. The van der Waals surface area contributed by atoms with Crippen LogP contribution < -0.4 is 9.67 Å². The predicted octanol–water partition coefficient (Wildman–Crippen LogP) is 0.225. The molecule has 0 spiro atoms. The van der Waals surface area contributed by atoms with Gasteiger partial charge in [0.15, 0.2) is 0 Å². The SMILES string of the molecule is CC(=O)Nc1c(O)cccc1[As](=O)(O)O.O=C(O)Cc1ccccc1. The first-order valence-electron chi connectivity index (χ1n) is 7.02. The molecule has 0 atom stereocenters. The van der Waals surface area contributed by atoms with E-state index in [9.17, 15) is 18.4 Å². The summed E-state index contributed by atoms with van der Waals surface area (Å²) in [5.74, 6) is -1.67. The maximum Gasteiger partial charge on any atom is 0.307 e. The first-order valence-corrected chi connectivity index (χ1v) is 10.4. The number of phenolic OH excluding ortho intramolecular Hbond substituents is 1. The van der Waals surface area contributed by atoms with E-state index in [2.05, 4.69) is 5.32 Å². The molecule has 8 nitrogen and oxygen atoms in total. The predicted molar refractivity (Wildman–Crippen MR) is 90.7 cm³/mol. The molecule has 134 valence electrons. The van der Waals surface area contributed by atoms with E-state index >= 15 is 0 Å². The second-order valence-corrected chi connectivity index (χ2v) is 8.25. The van der Waals surface area contributed by atoms with Crippen molar-refractivity contribution in [1.29, 1.82) is 0 Å². The molecule has 5 N–H and O–H groups in total. The van der Waals surface area contributed by atoms with Crippen molar-refractivity contribution in [2.45, 2.75) is 13.3 Å². The number of aromatic hydroxyl groups is 1. The molecule has 0 unspecified atom stereocenters. The summed E-state index contributed by atoms with van der Waals surface area (Å²) < 4.78 is 28.8. The van der Waals surface area contributed by atoms with Gasteiger partial charge >= 0.3 is 94.1 Å². The van der Waals surface area contributed by atoms with E-state index in [0.29, 0.717) is 0 Å². The summed E-state index contributed by atoms with van der Waals surface area (Å²) in [5.41, 5.74) is 0.618. The van der Waals surface area contributed by atoms with E-state index < -0.39 is 26.0 Å². The Labute approximate surface area is 146 Å². The van der Waals surface area contributed by atoms with E-state index in [1.54, 1.807) is 12.1 Å². The Kier molecular flexibility index (Phi) is 7.44. The maximum atomic E-state index is 11.1. The third kappa shape index (κ3) is 7.26. The van der Waals surface area contributed by atoms with Crippen molar-refractivity contribution >= 4 is 36.1 Å². The standard InChI is InChI=1S/C8H10AsNO5.C8H8O2/c1-5(11)10-8-6(9(13,14)15)3-2-4-7(8)12;9-8(10)6-7-4-2-1-3-5-7/h2-4,12H,1H3,(H,10,11)(H2,13,14,15);1-5H,6H2,(H,9,10). The van der Waals surface area contributed by atoms with Gasteiger partial charge in [-0.25, -0.2) is 0 Å². The molecule has 0 fully saturated rings. The molecule has 0 heterocycles. The fourth-order valence-electron chi connectivity index (χ4n) is 1.85. The van der Waals surface area contributed by atoms with Crippen LogP contribution in [0.25, 0.3) is 0 Å². The van der Waals surface area contributed by atoms with Crippen molar-refractivity contribution in [2.24, 2.45) is 0 Å². The number of phenols is 1. The summed E-state index contributed by atoms with van der Waals surface area (Å²) >= 11 is -5.14. The van der Waals surface area contributed by atoms with Crippen molar-refractivity contribution in [1.82, 2.24) is 0 Å². The molecule has 0 aromatic heterocycles. The van der Waals surface area contributed by atoms with Gasteiger partial charge in [0.1, 0.15) is 0 Å². The number of nitrogens with one attached hydrogen (secondary N) is 1. The van der Waals surface area contributed by atoms with Gasteiger partial charge < -0.3 is 5.11 Å². The summed E-state index contributed by atoms with van der Waals surface area (Å²) in [7, 11) is 0. The molecule has 0 aliphatic carbocycles. The number of carboxylic acids is 1.